The van der Waals surface area contributed by atoms with Crippen molar-refractivity contribution in [2.24, 2.45) is 5.92 Å². The molecular formula is C16H24N2O2. The summed E-state index contributed by atoms with van der Waals surface area (Å²) in [5, 5.41) is 3.42. The fraction of sp³-hybridized carbons (Fsp3) is 0.500. The van der Waals surface area contributed by atoms with Crippen molar-refractivity contribution in [1.82, 2.24) is 10.2 Å². The van der Waals surface area contributed by atoms with Gasteiger partial charge < -0.3 is 14.2 Å². The minimum Gasteiger partial charge on any atom is -0.472 e. The molecule has 0 atom stereocenters. The van der Waals surface area contributed by atoms with Crippen LogP contribution in [-0.4, -0.2) is 18.5 Å². The van der Waals surface area contributed by atoms with Crippen molar-refractivity contribution >= 4 is 0 Å². The van der Waals surface area contributed by atoms with Crippen LogP contribution in [0.5, 0.6) is 0 Å². The van der Waals surface area contributed by atoms with E-state index in [0.717, 1.165) is 31.9 Å². The smallest absolute Gasteiger partial charge is 0.118 e. The van der Waals surface area contributed by atoms with Crippen LogP contribution in [0, 0.1) is 5.92 Å². The van der Waals surface area contributed by atoms with Gasteiger partial charge in [0, 0.05) is 24.2 Å². The molecule has 1 N–H and O–H groups in total. The molecule has 0 fully saturated rings. The van der Waals surface area contributed by atoms with Crippen molar-refractivity contribution in [3.05, 3.63) is 47.8 Å². The van der Waals surface area contributed by atoms with Crippen LogP contribution >= 0.6 is 0 Å². The Hall–Kier alpha value is -1.52. The highest BCUT2D eigenvalue weighted by atomic mass is 16.3. The minimum absolute atomic E-state index is 0.669. The van der Waals surface area contributed by atoms with Crippen LogP contribution in [0.2, 0.25) is 0 Å². The number of nitrogens with zero attached hydrogens (tertiary/aromatic N) is 1. The third-order valence-corrected chi connectivity index (χ3v) is 3.05. The third kappa shape index (κ3) is 4.87. The SMILES string of the molecule is CC(C)CNCc1coc(CN(C)Cc2ccoc2)c1. The Labute approximate surface area is 120 Å². The summed E-state index contributed by atoms with van der Waals surface area (Å²) in [4.78, 5) is 2.20. The predicted octanol–water partition coefficient (Wildman–Crippen LogP) is 3.25. The fourth-order valence-corrected chi connectivity index (χ4v) is 2.12. The lowest BCUT2D eigenvalue weighted by atomic mass is 10.2. The van der Waals surface area contributed by atoms with Crippen LogP contribution in [0.4, 0.5) is 0 Å². The normalized spacial score (nSPS) is 11.7. The number of hydrogen-bond acceptors (Lipinski definition) is 4. The minimum atomic E-state index is 0.669. The highest BCUT2D eigenvalue weighted by Gasteiger charge is 2.07. The molecule has 2 rings (SSSR count). The van der Waals surface area contributed by atoms with E-state index in [1.54, 1.807) is 12.5 Å². The van der Waals surface area contributed by atoms with E-state index in [4.69, 9.17) is 8.83 Å². The van der Waals surface area contributed by atoms with Crippen LogP contribution < -0.4 is 5.32 Å². The van der Waals surface area contributed by atoms with E-state index in [9.17, 15) is 0 Å². The van der Waals surface area contributed by atoms with Crippen molar-refractivity contribution in [1.29, 1.82) is 0 Å². The highest BCUT2D eigenvalue weighted by molar-refractivity contribution is 5.13. The van der Waals surface area contributed by atoms with Gasteiger partial charge in [-0.3, -0.25) is 4.90 Å². The summed E-state index contributed by atoms with van der Waals surface area (Å²) in [5.41, 5.74) is 2.38. The van der Waals surface area contributed by atoms with Gasteiger partial charge in [-0.25, -0.2) is 0 Å². The molecular weight excluding hydrogens is 252 g/mol. The number of hydrogen-bond donors (Lipinski definition) is 1. The quantitative estimate of drug-likeness (QED) is 0.803. The maximum atomic E-state index is 5.61. The maximum absolute atomic E-state index is 5.61. The van der Waals surface area contributed by atoms with E-state index in [1.165, 1.54) is 11.1 Å². The van der Waals surface area contributed by atoms with Gasteiger partial charge >= 0.3 is 0 Å². The molecule has 2 aromatic rings. The van der Waals surface area contributed by atoms with Crippen molar-refractivity contribution in [2.45, 2.75) is 33.5 Å². The molecule has 0 aromatic carbocycles. The molecule has 4 nitrogen and oxygen atoms in total. The van der Waals surface area contributed by atoms with Crippen molar-refractivity contribution < 1.29 is 8.83 Å². The van der Waals surface area contributed by atoms with Crippen LogP contribution in [0.3, 0.4) is 0 Å². The zero-order valence-corrected chi connectivity index (χ0v) is 12.6. The Kier molecular flexibility index (Phi) is 5.44. The summed E-state index contributed by atoms with van der Waals surface area (Å²) in [6.45, 7) is 7.97. The third-order valence-electron chi connectivity index (χ3n) is 3.05. The molecule has 110 valence electrons. The molecule has 2 aromatic heterocycles. The topological polar surface area (TPSA) is 41.6 Å². The first kappa shape index (κ1) is 14.9. The average molecular weight is 276 g/mol. The van der Waals surface area contributed by atoms with Gasteiger partial charge in [0.1, 0.15) is 5.76 Å². The Morgan fingerprint density at radius 3 is 2.75 bits per heavy atom. The van der Waals surface area contributed by atoms with E-state index in [0.29, 0.717) is 5.92 Å². The molecule has 2 heterocycles. The first-order valence-electron chi connectivity index (χ1n) is 7.10. The number of furan rings is 2. The number of rotatable bonds is 8. The van der Waals surface area contributed by atoms with Crippen molar-refractivity contribution in [3.63, 3.8) is 0 Å². The lowest BCUT2D eigenvalue weighted by Crippen LogP contribution is -2.18. The molecule has 0 saturated heterocycles. The summed E-state index contributed by atoms with van der Waals surface area (Å²) >= 11 is 0. The van der Waals surface area contributed by atoms with Gasteiger partial charge in [-0.05, 0) is 31.6 Å². The standard InChI is InChI=1S/C16H24N2O2/c1-13(2)7-17-8-15-6-16(20-12-15)10-18(3)9-14-4-5-19-11-14/h4-6,11-13,17H,7-10H2,1-3H3. The molecule has 0 bridgehead atoms. The van der Waals surface area contributed by atoms with Gasteiger partial charge in [-0.2, -0.15) is 0 Å². The first-order chi connectivity index (χ1) is 9.63. The largest absolute Gasteiger partial charge is 0.472 e. The van der Waals surface area contributed by atoms with Crippen LogP contribution in [0.25, 0.3) is 0 Å². The van der Waals surface area contributed by atoms with E-state index in [2.05, 4.69) is 37.2 Å². The second kappa shape index (κ2) is 7.31. The van der Waals surface area contributed by atoms with Gasteiger partial charge in [0.2, 0.25) is 0 Å². The Balaban J connectivity index is 1.77. The average Bonchev–Trinajstić information content (AvgIpc) is 3.01. The Morgan fingerprint density at radius 1 is 1.20 bits per heavy atom. The van der Waals surface area contributed by atoms with Gasteiger partial charge in [0.25, 0.3) is 0 Å². The lowest BCUT2D eigenvalue weighted by molar-refractivity contribution is 0.287. The molecule has 0 aliphatic carbocycles. The van der Waals surface area contributed by atoms with Gasteiger partial charge in [-0.1, -0.05) is 13.8 Å². The molecule has 20 heavy (non-hydrogen) atoms. The van der Waals surface area contributed by atoms with Gasteiger partial charge in [0.05, 0.1) is 25.3 Å². The second-order valence-electron chi connectivity index (χ2n) is 5.75. The molecule has 0 aliphatic rings. The molecule has 0 unspecified atom stereocenters. The lowest BCUT2D eigenvalue weighted by Gasteiger charge is -2.13. The van der Waals surface area contributed by atoms with Crippen molar-refractivity contribution in [2.75, 3.05) is 13.6 Å². The highest BCUT2D eigenvalue weighted by Crippen LogP contribution is 2.12. The molecule has 0 saturated carbocycles. The molecule has 0 spiro atoms. The first-order valence-corrected chi connectivity index (χ1v) is 7.10. The summed E-state index contributed by atoms with van der Waals surface area (Å²) in [7, 11) is 2.08. The zero-order valence-electron chi connectivity index (χ0n) is 12.6. The molecule has 0 aliphatic heterocycles. The molecule has 0 radical (unpaired) electrons. The summed E-state index contributed by atoms with van der Waals surface area (Å²) in [6.07, 6.45) is 5.32. The van der Waals surface area contributed by atoms with E-state index in [1.807, 2.05) is 12.3 Å². The van der Waals surface area contributed by atoms with Crippen LogP contribution in [-0.2, 0) is 19.6 Å². The van der Waals surface area contributed by atoms with E-state index < -0.39 is 0 Å². The van der Waals surface area contributed by atoms with E-state index in [-0.39, 0.29) is 0 Å². The second-order valence-corrected chi connectivity index (χ2v) is 5.75. The Morgan fingerprint density at radius 2 is 2.05 bits per heavy atom. The molecule has 4 heteroatoms. The zero-order chi connectivity index (χ0) is 14.4. The molecule has 0 amide bonds. The summed E-state index contributed by atoms with van der Waals surface area (Å²) in [5.74, 6) is 1.67. The number of nitrogens with one attached hydrogen (secondary N) is 1. The van der Waals surface area contributed by atoms with Gasteiger partial charge in [-0.15, -0.1) is 0 Å². The van der Waals surface area contributed by atoms with Crippen LogP contribution in [0.1, 0.15) is 30.7 Å². The van der Waals surface area contributed by atoms with Gasteiger partial charge in [0.15, 0.2) is 0 Å². The van der Waals surface area contributed by atoms with Crippen LogP contribution in [0.15, 0.2) is 39.8 Å². The summed E-state index contributed by atoms with van der Waals surface area (Å²) in [6, 6.07) is 4.11. The Bertz CT molecular complexity index is 488. The predicted molar refractivity (Wildman–Crippen MR) is 79.1 cm³/mol. The van der Waals surface area contributed by atoms with Crippen molar-refractivity contribution in [3.8, 4) is 0 Å². The fourth-order valence-electron chi connectivity index (χ4n) is 2.12. The van der Waals surface area contributed by atoms with E-state index >= 15 is 0 Å². The monoisotopic (exact) mass is 276 g/mol. The summed E-state index contributed by atoms with van der Waals surface area (Å²) < 4.78 is 10.7. The maximum Gasteiger partial charge on any atom is 0.118 e.